The normalized spacial score (nSPS) is 10.8. The maximum absolute atomic E-state index is 11.6. The molecule has 7 nitrogen and oxygen atoms in total. The van der Waals surface area contributed by atoms with E-state index in [0.717, 1.165) is 0 Å². The van der Waals surface area contributed by atoms with E-state index in [-0.39, 0.29) is 5.92 Å². The highest BCUT2D eigenvalue weighted by Crippen LogP contribution is 2.15. The van der Waals surface area contributed by atoms with Crippen molar-refractivity contribution in [2.75, 3.05) is 12.3 Å². The van der Waals surface area contributed by atoms with E-state index in [4.69, 9.17) is 10.5 Å². The van der Waals surface area contributed by atoms with Gasteiger partial charge in [-0.2, -0.15) is 5.10 Å². The average Bonchev–Trinajstić information content (AvgIpc) is 2.88. The molecule has 2 rings (SSSR count). The number of rotatable bonds is 4. The lowest BCUT2D eigenvalue weighted by Crippen LogP contribution is -2.07. The van der Waals surface area contributed by atoms with Crippen molar-refractivity contribution in [3.63, 3.8) is 0 Å². The van der Waals surface area contributed by atoms with E-state index in [1.54, 1.807) is 19.2 Å². The van der Waals surface area contributed by atoms with E-state index < -0.39 is 5.97 Å². The number of carbonyl (C=O) groups is 1. The predicted octanol–water partition coefficient (Wildman–Crippen LogP) is 1.54. The Bertz CT molecular complexity index is 621. The van der Waals surface area contributed by atoms with Crippen molar-refractivity contribution in [3.05, 3.63) is 29.8 Å². The van der Waals surface area contributed by atoms with E-state index in [1.807, 2.05) is 13.8 Å². The molecule has 0 bridgehead atoms. The Kier molecular flexibility index (Phi) is 3.97. The van der Waals surface area contributed by atoms with E-state index in [9.17, 15) is 4.79 Å². The zero-order valence-electron chi connectivity index (χ0n) is 11.7. The molecule has 7 heteroatoms. The van der Waals surface area contributed by atoms with Crippen molar-refractivity contribution in [1.29, 1.82) is 0 Å². The van der Waals surface area contributed by atoms with Crippen LogP contribution in [0.3, 0.4) is 0 Å². The number of nitrogens with two attached hydrogens (primary N) is 1. The second kappa shape index (κ2) is 5.68. The molecule has 0 aromatic carbocycles. The maximum Gasteiger partial charge on any atom is 0.341 e. The van der Waals surface area contributed by atoms with Crippen molar-refractivity contribution in [2.45, 2.75) is 26.7 Å². The van der Waals surface area contributed by atoms with Crippen LogP contribution in [-0.2, 0) is 4.74 Å². The number of ether oxygens (including phenoxy) is 1. The van der Waals surface area contributed by atoms with Crippen LogP contribution in [0.25, 0.3) is 5.82 Å². The number of carbonyl (C=O) groups excluding carboxylic acids is 1. The largest absolute Gasteiger partial charge is 0.462 e. The number of nitrogens with zero attached hydrogens (tertiary/aromatic N) is 4. The highest BCUT2D eigenvalue weighted by atomic mass is 16.5. The summed E-state index contributed by atoms with van der Waals surface area (Å²) in [4.78, 5) is 20.1. The molecule has 106 valence electrons. The zero-order chi connectivity index (χ0) is 14.7. The summed E-state index contributed by atoms with van der Waals surface area (Å²) in [6.07, 6.45) is 3.00. The van der Waals surface area contributed by atoms with Crippen LogP contribution in [0.1, 0.15) is 42.9 Å². The van der Waals surface area contributed by atoms with Gasteiger partial charge >= 0.3 is 5.97 Å². The van der Waals surface area contributed by atoms with Crippen LogP contribution in [0.2, 0.25) is 0 Å². The molecule has 0 saturated carbocycles. The molecule has 0 aliphatic rings. The summed E-state index contributed by atoms with van der Waals surface area (Å²) in [7, 11) is 0. The van der Waals surface area contributed by atoms with Gasteiger partial charge in [-0.05, 0) is 6.92 Å². The van der Waals surface area contributed by atoms with Gasteiger partial charge < -0.3 is 10.5 Å². The molecule has 0 fully saturated rings. The Morgan fingerprint density at radius 1 is 1.45 bits per heavy atom. The summed E-state index contributed by atoms with van der Waals surface area (Å²) in [5.41, 5.74) is 6.14. The molecule has 0 atom stereocenters. The van der Waals surface area contributed by atoms with Gasteiger partial charge in [-0.15, -0.1) is 0 Å². The molecule has 0 unspecified atom stereocenters. The van der Waals surface area contributed by atoms with Gasteiger partial charge in [0.25, 0.3) is 0 Å². The molecule has 20 heavy (non-hydrogen) atoms. The summed E-state index contributed by atoms with van der Waals surface area (Å²) in [5, 5.41) is 4.10. The van der Waals surface area contributed by atoms with Crippen LogP contribution in [0, 0.1) is 0 Å². The highest BCUT2D eigenvalue weighted by Gasteiger charge is 2.13. The number of hydrogen-bond donors (Lipinski definition) is 1. The van der Waals surface area contributed by atoms with Crippen molar-refractivity contribution in [2.24, 2.45) is 0 Å². The lowest BCUT2D eigenvalue weighted by Gasteiger charge is -2.07. The van der Waals surface area contributed by atoms with E-state index >= 15 is 0 Å². The fraction of sp³-hybridized carbons (Fsp3) is 0.385. The minimum atomic E-state index is -0.412. The molecule has 0 aliphatic heterocycles. The van der Waals surface area contributed by atoms with Crippen LogP contribution >= 0.6 is 0 Å². The number of nitrogen functional groups attached to an aromatic ring is 1. The first-order valence-electron chi connectivity index (χ1n) is 6.38. The van der Waals surface area contributed by atoms with Crippen LogP contribution < -0.4 is 5.73 Å². The average molecular weight is 275 g/mol. The minimum absolute atomic E-state index is 0.150. The predicted molar refractivity (Wildman–Crippen MR) is 73.6 cm³/mol. The standard InChI is InChI=1S/C13H17N5O2/c1-4-20-13(19)9-6-15-18(7-9)11-5-10(14)16-12(17-11)8(2)3/h5-8H,4H2,1-3H3,(H2,14,16,17). The third-order valence-electron chi connectivity index (χ3n) is 2.59. The van der Waals surface area contributed by atoms with Crippen LogP contribution in [-0.4, -0.2) is 32.3 Å². The summed E-state index contributed by atoms with van der Waals surface area (Å²) >= 11 is 0. The molecule has 0 radical (unpaired) electrons. The molecule has 0 amide bonds. The van der Waals surface area contributed by atoms with Gasteiger partial charge in [0.05, 0.1) is 18.4 Å². The molecule has 0 saturated heterocycles. The first kappa shape index (κ1) is 14.0. The van der Waals surface area contributed by atoms with Gasteiger partial charge in [-0.1, -0.05) is 13.8 Å². The Hall–Kier alpha value is -2.44. The fourth-order valence-corrected chi connectivity index (χ4v) is 1.61. The Balaban J connectivity index is 2.34. The quantitative estimate of drug-likeness (QED) is 0.850. The van der Waals surface area contributed by atoms with Crippen molar-refractivity contribution in [3.8, 4) is 5.82 Å². The molecule has 2 aromatic heterocycles. The molecule has 2 aromatic rings. The van der Waals surface area contributed by atoms with Gasteiger partial charge in [-0.3, -0.25) is 0 Å². The van der Waals surface area contributed by atoms with Gasteiger partial charge in [0.15, 0.2) is 5.82 Å². The van der Waals surface area contributed by atoms with Gasteiger partial charge in [0.1, 0.15) is 11.6 Å². The third kappa shape index (κ3) is 2.93. The third-order valence-corrected chi connectivity index (χ3v) is 2.59. The van der Waals surface area contributed by atoms with Crippen LogP contribution in [0.5, 0.6) is 0 Å². The maximum atomic E-state index is 11.6. The molecular weight excluding hydrogens is 258 g/mol. The van der Waals surface area contributed by atoms with Crippen LogP contribution in [0.4, 0.5) is 5.82 Å². The molecule has 2 heterocycles. The van der Waals surface area contributed by atoms with E-state index in [0.29, 0.717) is 29.6 Å². The summed E-state index contributed by atoms with van der Waals surface area (Å²) < 4.78 is 6.40. The zero-order valence-corrected chi connectivity index (χ0v) is 11.7. The minimum Gasteiger partial charge on any atom is -0.462 e. The SMILES string of the molecule is CCOC(=O)c1cnn(-c2cc(N)nc(C(C)C)n2)c1. The first-order chi connectivity index (χ1) is 9.51. The molecule has 0 spiro atoms. The van der Waals surface area contributed by atoms with Crippen LogP contribution in [0.15, 0.2) is 18.5 Å². The second-order valence-corrected chi connectivity index (χ2v) is 4.56. The Morgan fingerprint density at radius 2 is 2.20 bits per heavy atom. The summed E-state index contributed by atoms with van der Waals surface area (Å²) in [6, 6.07) is 1.60. The number of hydrogen-bond acceptors (Lipinski definition) is 6. The monoisotopic (exact) mass is 275 g/mol. The molecular formula is C13H17N5O2. The van der Waals surface area contributed by atoms with Gasteiger partial charge in [0, 0.05) is 18.2 Å². The van der Waals surface area contributed by atoms with E-state index in [2.05, 4.69) is 15.1 Å². The Morgan fingerprint density at radius 3 is 2.85 bits per heavy atom. The summed E-state index contributed by atoms with van der Waals surface area (Å²) in [6.45, 7) is 6.03. The van der Waals surface area contributed by atoms with E-state index in [1.165, 1.54) is 10.9 Å². The number of anilines is 1. The van der Waals surface area contributed by atoms with Crippen molar-refractivity contribution >= 4 is 11.8 Å². The smallest absolute Gasteiger partial charge is 0.341 e. The summed E-state index contributed by atoms with van der Waals surface area (Å²) in [5.74, 6) is 1.26. The Labute approximate surface area is 116 Å². The molecule has 2 N–H and O–H groups in total. The van der Waals surface area contributed by atoms with Gasteiger partial charge in [0.2, 0.25) is 0 Å². The second-order valence-electron chi connectivity index (χ2n) is 4.56. The van der Waals surface area contributed by atoms with Gasteiger partial charge in [-0.25, -0.2) is 19.4 Å². The highest BCUT2D eigenvalue weighted by molar-refractivity contribution is 5.88. The lowest BCUT2D eigenvalue weighted by atomic mass is 10.2. The van der Waals surface area contributed by atoms with Crippen molar-refractivity contribution < 1.29 is 9.53 Å². The first-order valence-corrected chi connectivity index (χ1v) is 6.38. The number of esters is 1. The lowest BCUT2D eigenvalue weighted by molar-refractivity contribution is 0.0526. The number of aromatic nitrogens is 4. The fourth-order valence-electron chi connectivity index (χ4n) is 1.61. The topological polar surface area (TPSA) is 95.9 Å². The molecule has 0 aliphatic carbocycles. The van der Waals surface area contributed by atoms with Crippen molar-refractivity contribution in [1.82, 2.24) is 19.7 Å².